The highest BCUT2D eigenvalue weighted by atomic mass is 15.3. The van der Waals surface area contributed by atoms with Gasteiger partial charge in [-0.15, -0.1) is 0 Å². The molecule has 2 saturated carbocycles. The van der Waals surface area contributed by atoms with Gasteiger partial charge in [-0.25, -0.2) is 0 Å². The van der Waals surface area contributed by atoms with E-state index in [1.54, 1.807) is 0 Å². The molecule has 0 radical (unpaired) electrons. The van der Waals surface area contributed by atoms with Crippen LogP contribution in [-0.2, 0) is 0 Å². The fourth-order valence-corrected chi connectivity index (χ4v) is 4.57. The Bertz CT molecular complexity index is 288. The Kier molecular flexibility index (Phi) is 4.19. The molecule has 110 valence electrons. The smallest absolute Gasteiger partial charge is 0.0309 e. The highest BCUT2D eigenvalue weighted by Gasteiger charge is 2.40. The van der Waals surface area contributed by atoms with Gasteiger partial charge in [-0.1, -0.05) is 32.6 Å². The van der Waals surface area contributed by atoms with Gasteiger partial charge in [0.05, 0.1) is 0 Å². The summed E-state index contributed by atoms with van der Waals surface area (Å²) in [6.07, 6.45) is 11.6. The summed E-state index contributed by atoms with van der Waals surface area (Å²) in [6.45, 7) is 8.75. The van der Waals surface area contributed by atoms with Gasteiger partial charge in [0.1, 0.15) is 0 Å². The van der Waals surface area contributed by atoms with Crippen LogP contribution in [0.15, 0.2) is 0 Å². The van der Waals surface area contributed by atoms with Crippen LogP contribution < -0.4 is 5.32 Å². The summed E-state index contributed by atoms with van der Waals surface area (Å²) < 4.78 is 0. The normalized spacial score (nSPS) is 39.8. The van der Waals surface area contributed by atoms with Crippen molar-refractivity contribution in [3.05, 3.63) is 0 Å². The monoisotopic (exact) mass is 264 g/mol. The second-order valence-corrected chi connectivity index (χ2v) is 7.77. The molecule has 3 fully saturated rings. The SMILES string of the molecule is CC1CCC(CN2CC3(CCCC3)NCC2C)CC1. The van der Waals surface area contributed by atoms with Crippen molar-refractivity contribution in [2.75, 3.05) is 19.6 Å². The molecule has 2 heteroatoms. The third-order valence-corrected chi connectivity index (χ3v) is 6.09. The summed E-state index contributed by atoms with van der Waals surface area (Å²) in [7, 11) is 0. The van der Waals surface area contributed by atoms with Gasteiger partial charge in [-0.3, -0.25) is 4.90 Å². The molecule has 0 aromatic rings. The minimum absolute atomic E-state index is 0.495. The van der Waals surface area contributed by atoms with Gasteiger partial charge >= 0.3 is 0 Å². The zero-order chi connectivity index (χ0) is 13.3. The van der Waals surface area contributed by atoms with Gasteiger partial charge in [0, 0.05) is 31.2 Å². The van der Waals surface area contributed by atoms with Gasteiger partial charge in [0.15, 0.2) is 0 Å². The van der Waals surface area contributed by atoms with Crippen molar-refractivity contribution in [1.29, 1.82) is 0 Å². The van der Waals surface area contributed by atoms with Crippen molar-refractivity contribution in [1.82, 2.24) is 10.2 Å². The van der Waals surface area contributed by atoms with Crippen molar-refractivity contribution in [3.63, 3.8) is 0 Å². The molecule has 0 aromatic heterocycles. The average molecular weight is 264 g/mol. The van der Waals surface area contributed by atoms with Crippen LogP contribution in [0.3, 0.4) is 0 Å². The molecule has 1 heterocycles. The second kappa shape index (κ2) is 5.73. The van der Waals surface area contributed by atoms with Crippen molar-refractivity contribution < 1.29 is 0 Å². The molecular formula is C17H32N2. The molecule has 2 nitrogen and oxygen atoms in total. The lowest BCUT2D eigenvalue weighted by Gasteiger charge is -2.47. The standard InChI is InChI=1S/C17H32N2/c1-14-5-7-16(8-6-14)12-19-13-17(9-3-4-10-17)18-11-15(19)2/h14-16,18H,3-13H2,1-2H3. The quantitative estimate of drug-likeness (QED) is 0.822. The summed E-state index contributed by atoms with van der Waals surface area (Å²) in [5, 5.41) is 3.88. The van der Waals surface area contributed by atoms with Crippen LogP contribution in [0.2, 0.25) is 0 Å². The lowest BCUT2D eigenvalue weighted by atomic mass is 9.82. The van der Waals surface area contributed by atoms with E-state index < -0.39 is 0 Å². The van der Waals surface area contributed by atoms with Crippen LogP contribution in [0.1, 0.15) is 65.2 Å². The van der Waals surface area contributed by atoms with Crippen LogP contribution in [0.5, 0.6) is 0 Å². The van der Waals surface area contributed by atoms with Crippen LogP contribution in [0.25, 0.3) is 0 Å². The molecule has 3 aliphatic rings. The van der Waals surface area contributed by atoms with Crippen molar-refractivity contribution in [2.24, 2.45) is 11.8 Å². The minimum Gasteiger partial charge on any atom is -0.308 e. The number of nitrogens with one attached hydrogen (secondary N) is 1. The molecule has 0 aromatic carbocycles. The number of hydrogen-bond acceptors (Lipinski definition) is 2. The molecule has 1 N–H and O–H groups in total. The number of nitrogens with zero attached hydrogens (tertiary/aromatic N) is 1. The van der Waals surface area contributed by atoms with Gasteiger partial charge in [0.2, 0.25) is 0 Å². The zero-order valence-corrected chi connectivity index (χ0v) is 13.0. The molecule has 3 rings (SSSR count). The maximum Gasteiger partial charge on any atom is 0.0309 e. The van der Waals surface area contributed by atoms with E-state index in [1.807, 2.05) is 0 Å². The van der Waals surface area contributed by atoms with Crippen molar-refractivity contribution in [2.45, 2.75) is 76.8 Å². The summed E-state index contributed by atoms with van der Waals surface area (Å²) >= 11 is 0. The molecule has 0 bridgehead atoms. The Morgan fingerprint density at radius 3 is 2.42 bits per heavy atom. The van der Waals surface area contributed by atoms with E-state index in [9.17, 15) is 0 Å². The van der Waals surface area contributed by atoms with Gasteiger partial charge < -0.3 is 5.32 Å². The molecule has 1 saturated heterocycles. The predicted molar refractivity (Wildman–Crippen MR) is 81.4 cm³/mol. The Morgan fingerprint density at radius 2 is 1.74 bits per heavy atom. The summed E-state index contributed by atoms with van der Waals surface area (Å²) in [4.78, 5) is 2.82. The van der Waals surface area contributed by atoms with E-state index in [2.05, 4.69) is 24.1 Å². The lowest BCUT2D eigenvalue weighted by Crippen LogP contribution is -2.63. The molecule has 1 aliphatic heterocycles. The van der Waals surface area contributed by atoms with Crippen molar-refractivity contribution >= 4 is 0 Å². The third kappa shape index (κ3) is 3.16. The summed E-state index contributed by atoms with van der Waals surface area (Å²) in [5.74, 6) is 1.97. The first-order valence-electron chi connectivity index (χ1n) is 8.66. The lowest BCUT2D eigenvalue weighted by molar-refractivity contribution is 0.0648. The first kappa shape index (κ1) is 13.9. The number of piperazine rings is 1. The van der Waals surface area contributed by atoms with Crippen LogP contribution in [-0.4, -0.2) is 36.1 Å². The van der Waals surface area contributed by atoms with E-state index >= 15 is 0 Å². The third-order valence-electron chi connectivity index (χ3n) is 6.09. The zero-order valence-electron chi connectivity index (χ0n) is 13.0. The maximum absolute atomic E-state index is 3.88. The first-order chi connectivity index (χ1) is 9.17. The molecular weight excluding hydrogens is 232 g/mol. The highest BCUT2D eigenvalue weighted by Crippen LogP contribution is 2.35. The minimum atomic E-state index is 0.495. The van der Waals surface area contributed by atoms with E-state index in [0.717, 1.165) is 17.9 Å². The topological polar surface area (TPSA) is 15.3 Å². The molecule has 1 unspecified atom stereocenters. The van der Waals surface area contributed by atoms with Crippen LogP contribution in [0.4, 0.5) is 0 Å². The van der Waals surface area contributed by atoms with Crippen molar-refractivity contribution in [3.8, 4) is 0 Å². The first-order valence-corrected chi connectivity index (χ1v) is 8.66. The highest BCUT2D eigenvalue weighted by molar-refractivity contribution is 5.00. The van der Waals surface area contributed by atoms with E-state index in [-0.39, 0.29) is 0 Å². The predicted octanol–water partition coefficient (Wildman–Crippen LogP) is 3.42. The molecule has 1 atom stereocenters. The average Bonchev–Trinajstić information content (AvgIpc) is 2.85. The number of rotatable bonds is 2. The van der Waals surface area contributed by atoms with Gasteiger partial charge in [-0.05, 0) is 44.4 Å². The summed E-state index contributed by atoms with van der Waals surface area (Å²) in [6, 6.07) is 0.741. The largest absolute Gasteiger partial charge is 0.308 e. The molecule has 19 heavy (non-hydrogen) atoms. The second-order valence-electron chi connectivity index (χ2n) is 7.77. The molecule has 2 aliphatic carbocycles. The molecule has 0 amide bonds. The van der Waals surface area contributed by atoms with E-state index in [1.165, 1.54) is 71.0 Å². The maximum atomic E-state index is 3.88. The summed E-state index contributed by atoms with van der Waals surface area (Å²) in [5.41, 5.74) is 0.495. The van der Waals surface area contributed by atoms with Gasteiger partial charge in [0.25, 0.3) is 0 Å². The van der Waals surface area contributed by atoms with Crippen LogP contribution >= 0.6 is 0 Å². The molecule has 1 spiro atoms. The number of hydrogen-bond donors (Lipinski definition) is 1. The Labute approximate surface area is 119 Å². The van der Waals surface area contributed by atoms with Crippen LogP contribution in [0, 0.1) is 11.8 Å². The Balaban J connectivity index is 1.56. The fraction of sp³-hybridized carbons (Fsp3) is 1.00. The fourth-order valence-electron chi connectivity index (χ4n) is 4.57. The van der Waals surface area contributed by atoms with Gasteiger partial charge in [-0.2, -0.15) is 0 Å². The Hall–Kier alpha value is -0.0800. The van der Waals surface area contributed by atoms with E-state index in [0.29, 0.717) is 5.54 Å². The Morgan fingerprint density at radius 1 is 1.05 bits per heavy atom. The van der Waals surface area contributed by atoms with E-state index in [4.69, 9.17) is 0 Å².